The van der Waals surface area contributed by atoms with Gasteiger partial charge in [0, 0.05) is 23.9 Å². The van der Waals surface area contributed by atoms with Crippen molar-refractivity contribution in [1.82, 2.24) is 10.2 Å². The number of hydrogen-bond acceptors (Lipinski definition) is 7. The van der Waals surface area contributed by atoms with E-state index < -0.39 is 55.9 Å². The van der Waals surface area contributed by atoms with Gasteiger partial charge >= 0.3 is 18.2 Å². The van der Waals surface area contributed by atoms with Crippen molar-refractivity contribution in [2.45, 2.75) is 48.3 Å². The molecule has 2 aromatic carbocycles. The number of allylic oxidation sites excluding steroid dienone is 1. The number of nitrogens with zero attached hydrogens (tertiary/aromatic N) is 4. The number of amides is 4. The van der Waals surface area contributed by atoms with Crippen LogP contribution in [0.4, 0.5) is 28.4 Å². The molecule has 0 bridgehead atoms. The standard InChI is InChI=1S/C27H20F3N5O5S/c1-41(39,40)21-11-15(13-31)5-6-18(21)23-22-19(7-8-20(22)36)34(17-4-2-3-16(12-17)27(28,29)30)25(38)35(23)24(37)33-26(14-32)9-10-26/h2-6,11-12,23H,7-10H2,1H3,(H,33,37)/t23-/m1/s1. The fraction of sp³-hybridized carbons (Fsp3) is 0.296. The number of Topliss-reactive ketones (excluding diaryl/α,β-unsaturated/α-hetero) is 1. The minimum atomic E-state index is -4.75. The number of benzene rings is 2. The zero-order chi connectivity index (χ0) is 29.9. The second kappa shape index (κ2) is 9.45. The van der Waals surface area contributed by atoms with Crippen molar-refractivity contribution in [2.75, 3.05) is 11.2 Å². The van der Waals surface area contributed by atoms with Crippen molar-refractivity contribution in [3.63, 3.8) is 0 Å². The van der Waals surface area contributed by atoms with Crippen LogP contribution in [0, 0.1) is 22.7 Å². The first-order valence-corrected chi connectivity index (χ1v) is 14.1. The second-order valence-electron chi connectivity index (χ2n) is 9.98. The SMILES string of the molecule is CS(=O)(=O)c1cc(C#N)ccc1[C@@H]1C2=C(CCC2=O)N(c2cccc(C(F)(F)F)c2)C(=O)N1C(=O)NC1(C#N)CC1. The minimum Gasteiger partial charge on any atom is -0.319 e. The van der Waals surface area contributed by atoms with Crippen LogP contribution in [-0.4, -0.2) is 43.0 Å². The Balaban J connectivity index is 1.78. The lowest BCUT2D eigenvalue weighted by atomic mass is 9.92. The highest BCUT2D eigenvalue weighted by molar-refractivity contribution is 7.90. The number of halogens is 3. The molecule has 0 radical (unpaired) electrons. The summed E-state index contributed by atoms with van der Waals surface area (Å²) in [5, 5.41) is 21.3. The van der Waals surface area contributed by atoms with Crippen molar-refractivity contribution < 1.29 is 36.0 Å². The summed E-state index contributed by atoms with van der Waals surface area (Å²) < 4.78 is 66.3. The number of sulfone groups is 1. The molecule has 1 heterocycles. The van der Waals surface area contributed by atoms with Crippen molar-refractivity contribution in [2.24, 2.45) is 0 Å². The predicted molar refractivity (Wildman–Crippen MR) is 136 cm³/mol. The van der Waals surface area contributed by atoms with E-state index in [0.29, 0.717) is 11.0 Å². The highest BCUT2D eigenvalue weighted by atomic mass is 32.2. The van der Waals surface area contributed by atoms with Gasteiger partial charge in [-0.05, 0) is 55.2 Å². The third-order valence-corrected chi connectivity index (χ3v) is 8.35. The van der Waals surface area contributed by atoms with Crippen LogP contribution in [0.25, 0.3) is 0 Å². The number of alkyl halides is 3. The van der Waals surface area contributed by atoms with Crippen molar-refractivity contribution >= 4 is 33.4 Å². The van der Waals surface area contributed by atoms with E-state index in [0.717, 1.165) is 29.4 Å². The van der Waals surface area contributed by atoms with Crippen molar-refractivity contribution in [3.8, 4) is 12.1 Å². The van der Waals surface area contributed by atoms with Gasteiger partial charge in [0.05, 0.1) is 33.8 Å². The highest BCUT2D eigenvalue weighted by Crippen LogP contribution is 2.47. The zero-order valence-corrected chi connectivity index (χ0v) is 22.1. The number of hydrogen-bond donors (Lipinski definition) is 1. The Morgan fingerprint density at radius 1 is 1.10 bits per heavy atom. The van der Waals surface area contributed by atoms with Gasteiger partial charge in [0.15, 0.2) is 15.6 Å². The lowest BCUT2D eigenvalue weighted by Crippen LogP contribution is -2.57. The first kappa shape index (κ1) is 27.9. The summed E-state index contributed by atoms with van der Waals surface area (Å²) in [5.74, 6) is -0.544. The molecule has 210 valence electrons. The average Bonchev–Trinajstić information content (AvgIpc) is 3.59. The molecule has 1 atom stereocenters. The van der Waals surface area contributed by atoms with E-state index in [1.807, 2.05) is 12.1 Å². The Labute approximate surface area is 232 Å². The maximum Gasteiger partial charge on any atom is 0.416 e. The number of carbonyl (C=O) groups excluding carboxylic acids is 3. The number of anilines is 1. The van der Waals surface area contributed by atoms with Crippen LogP contribution < -0.4 is 10.2 Å². The molecule has 0 spiro atoms. The largest absolute Gasteiger partial charge is 0.416 e. The molecule has 1 fully saturated rings. The lowest BCUT2D eigenvalue weighted by Gasteiger charge is -2.41. The van der Waals surface area contributed by atoms with Crippen LogP contribution in [0.15, 0.2) is 58.6 Å². The van der Waals surface area contributed by atoms with Gasteiger partial charge in [0.1, 0.15) is 11.6 Å². The molecule has 0 unspecified atom stereocenters. The Kier molecular flexibility index (Phi) is 6.42. The quantitative estimate of drug-likeness (QED) is 0.562. The van der Waals surface area contributed by atoms with Gasteiger partial charge in [0.2, 0.25) is 0 Å². The van der Waals surface area contributed by atoms with Gasteiger partial charge in [-0.15, -0.1) is 0 Å². The highest BCUT2D eigenvalue weighted by Gasteiger charge is 2.52. The lowest BCUT2D eigenvalue weighted by molar-refractivity contribution is -0.137. The van der Waals surface area contributed by atoms with E-state index in [1.165, 1.54) is 18.2 Å². The normalized spacial score (nSPS) is 19.9. The fourth-order valence-corrected chi connectivity index (χ4v) is 6.01. The number of rotatable bonds is 4. The van der Waals surface area contributed by atoms with E-state index >= 15 is 0 Å². The van der Waals surface area contributed by atoms with Crippen LogP contribution in [-0.2, 0) is 20.8 Å². The van der Waals surface area contributed by atoms with Crippen molar-refractivity contribution in [1.29, 1.82) is 10.5 Å². The van der Waals surface area contributed by atoms with Crippen LogP contribution in [0.5, 0.6) is 0 Å². The summed E-state index contributed by atoms with van der Waals surface area (Å²) in [6, 6.07) is 7.26. The average molecular weight is 584 g/mol. The third kappa shape index (κ3) is 4.80. The first-order valence-electron chi connectivity index (χ1n) is 12.2. The molecule has 2 aromatic rings. The number of nitriles is 2. The predicted octanol–water partition coefficient (Wildman–Crippen LogP) is 4.35. The molecule has 14 heteroatoms. The molecular formula is C27H20F3N5O5S. The molecule has 3 aliphatic rings. The van der Waals surface area contributed by atoms with Crippen molar-refractivity contribution in [3.05, 3.63) is 70.4 Å². The Morgan fingerprint density at radius 3 is 2.39 bits per heavy atom. The topological polar surface area (TPSA) is 151 Å². The molecule has 0 aromatic heterocycles. The monoisotopic (exact) mass is 583 g/mol. The van der Waals surface area contributed by atoms with E-state index in [9.17, 15) is 46.5 Å². The van der Waals surface area contributed by atoms with E-state index in [-0.39, 0.29) is 53.8 Å². The van der Waals surface area contributed by atoms with Gasteiger partial charge in [-0.1, -0.05) is 12.1 Å². The minimum absolute atomic E-state index is 0.0265. The first-order chi connectivity index (χ1) is 19.2. The summed E-state index contributed by atoms with van der Waals surface area (Å²) in [7, 11) is -4.09. The molecular weight excluding hydrogens is 563 g/mol. The zero-order valence-electron chi connectivity index (χ0n) is 21.3. The van der Waals surface area contributed by atoms with Crippen LogP contribution in [0.3, 0.4) is 0 Å². The molecule has 4 amide bonds. The summed E-state index contributed by atoms with van der Waals surface area (Å²) >= 11 is 0. The summed E-state index contributed by atoms with van der Waals surface area (Å²) in [4.78, 5) is 42.1. The van der Waals surface area contributed by atoms with E-state index in [2.05, 4.69) is 5.32 Å². The maximum absolute atomic E-state index is 14.1. The molecule has 0 saturated heterocycles. The van der Waals surface area contributed by atoms with E-state index in [4.69, 9.17) is 0 Å². The Morgan fingerprint density at radius 2 is 1.80 bits per heavy atom. The maximum atomic E-state index is 14.1. The summed E-state index contributed by atoms with van der Waals surface area (Å²) in [5.41, 5.74) is -2.92. The smallest absolute Gasteiger partial charge is 0.319 e. The van der Waals surface area contributed by atoms with Crippen LogP contribution >= 0.6 is 0 Å². The molecule has 2 aliphatic carbocycles. The fourth-order valence-electron chi connectivity index (χ4n) is 5.06. The van der Waals surface area contributed by atoms with Gasteiger partial charge in [-0.25, -0.2) is 22.9 Å². The number of nitrogens with one attached hydrogen (secondary N) is 1. The number of urea groups is 2. The van der Waals surface area contributed by atoms with Crippen LogP contribution in [0.1, 0.15) is 48.4 Å². The number of carbonyl (C=O) groups is 3. The molecule has 5 rings (SSSR count). The third-order valence-electron chi connectivity index (χ3n) is 7.20. The van der Waals surface area contributed by atoms with Gasteiger partial charge in [-0.2, -0.15) is 23.7 Å². The molecule has 1 aliphatic heterocycles. The number of imide groups is 1. The number of ketones is 1. The molecule has 1 saturated carbocycles. The molecule has 1 N–H and O–H groups in total. The summed E-state index contributed by atoms with van der Waals surface area (Å²) in [6.07, 6.45) is -3.55. The molecule has 10 nitrogen and oxygen atoms in total. The van der Waals surface area contributed by atoms with Crippen LogP contribution in [0.2, 0.25) is 0 Å². The Hall–Kier alpha value is -4.69. The van der Waals surface area contributed by atoms with Gasteiger partial charge in [0.25, 0.3) is 0 Å². The van der Waals surface area contributed by atoms with Gasteiger partial charge in [-0.3, -0.25) is 9.69 Å². The van der Waals surface area contributed by atoms with Gasteiger partial charge < -0.3 is 5.32 Å². The van der Waals surface area contributed by atoms with E-state index in [1.54, 1.807) is 0 Å². The Bertz CT molecular complexity index is 1750. The second-order valence-corrected chi connectivity index (χ2v) is 12.0. The summed E-state index contributed by atoms with van der Waals surface area (Å²) in [6.45, 7) is 0. The molecule has 41 heavy (non-hydrogen) atoms.